The molecule has 1 amide bonds. The van der Waals surface area contributed by atoms with Gasteiger partial charge in [0.15, 0.2) is 0 Å². The molecule has 0 N–H and O–H groups in total. The van der Waals surface area contributed by atoms with Crippen LogP contribution in [0.25, 0.3) is 11.1 Å². The number of hydrogen-bond acceptors (Lipinski definition) is 3. The standard InChI is InChI=1S/C22H26FNO3/c1-26-14-12-19-5-3-4-13-24(19)22(25)17-8-6-16(7-9-17)20-15-18(23)10-11-21(20)27-2/h6-11,15,19H,3-5,12-14H2,1-2H3. The van der Waals surface area contributed by atoms with Crippen LogP contribution in [-0.2, 0) is 4.74 Å². The smallest absolute Gasteiger partial charge is 0.254 e. The fourth-order valence-corrected chi connectivity index (χ4v) is 3.69. The van der Waals surface area contributed by atoms with E-state index in [0.717, 1.165) is 37.8 Å². The van der Waals surface area contributed by atoms with E-state index >= 15 is 0 Å². The molecule has 1 unspecified atom stereocenters. The first-order valence-electron chi connectivity index (χ1n) is 9.38. The molecule has 2 aromatic rings. The lowest BCUT2D eigenvalue weighted by atomic mass is 9.97. The summed E-state index contributed by atoms with van der Waals surface area (Å²) in [7, 11) is 3.25. The number of benzene rings is 2. The van der Waals surface area contributed by atoms with E-state index in [1.54, 1.807) is 20.3 Å². The number of carbonyl (C=O) groups is 1. The zero-order valence-corrected chi connectivity index (χ0v) is 15.9. The van der Waals surface area contributed by atoms with Crippen LogP contribution in [0.15, 0.2) is 42.5 Å². The molecule has 2 aromatic carbocycles. The quantitative estimate of drug-likeness (QED) is 0.749. The van der Waals surface area contributed by atoms with E-state index in [2.05, 4.69) is 0 Å². The van der Waals surface area contributed by atoms with Gasteiger partial charge in [-0.15, -0.1) is 0 Å². The number of methoxy groups -OCH3 is 2. The van der Waals surface area contributed by atoms with Gasteiger partial charge in [-0.05, 0) is 61.6 Å². The fraction of sp³-hybridized carbons (Fsp3) is 0.409. The lowest BCUT2D eigenvalue weighted by Crippen LogP contribution is -2.44. The molecule has 5 heteroatoms. The van der Waals surface area contributed by atoms with E-state index in [1.165, 1.54) is 12.1 Å². The molecular weight excluding hydrogens is 345 g/mol. The van der Waals surface area contributed by atoms with Crippen molar-refractivity contribution in [2.24, 2.45) is 0 Å². The van der Waals surface area contributed by atoms with E-state index in [1.807, 2.05) is 29.2 Å². The normalized spacial score (nSPS) is 17.0. The molecule has 3 rings (SSSR count). The van der Waals surface area contributed by atoms with E-state index in [-0.39, 0.29) is 17.8 Å². The van der Waals surface area contributed by atoms with Crippen LogP contribution in [0.3, 0.4) is 0 Å². The van der Waals surface area contributed by atoms with E-state index in [0.29, 0.717) is 23.5 Å². The van der Waals surface area contributed by atoms with Crippen molar-refractivity contribution in [1.82, 2.24) is 4.90 Å². The number of amides is 1. The van der Waals surface area contributed by atoms with Crippen LogP contribution in [0.1, 0.15) is 36.0 Å². The molecule has 4 nitrogen and oxygen atoms in total. The first-order chi connectivity index (χ1) is 13.1. The Morgan fingerprint density at radius 2 is 1.93 bits per heavy atom. The van der Waals surface area contributed by atoms with Gasteiger partial charge in [0.2, 0.25) is 0 Å². The lowest BCUT2D eigenvalue weighted by molar-refractivity contribution is 0.0553. The third-order valence-electron chi connectivity index (χ3n) is 5.15. The number of likely N-dealkylation sites (tertiary alicyclic amines) is 1. The molecular formula is C22H26FNO3. The van der Waals surface area contributed by atoms with Gasteiger partial charge in [-0.3, -0.25) is 4.79 Å². The molecule has 0 saturated carbocycles. The van der Waals surface area contributed by atoms with Crippen LogP contribution in [0.2, 0.25) is 0 Å². The first kappa shape index (κ1) is 19.4. The molecule has 1 saturated heterocycles. The molecule has 0 aliphatic carbocycles. The van der Waals surface area contributed by atoms with Gasteiger partial charge in [0.25, 0.3) is 5.91 Å². The molecule has 0 bridgehead atoms. The number of halogens is 1. The Labute approximate surface area is 159 Å². The Hall–Kier alpha value is -2.40. The highest BCUT2D eigenvalue weighted by Crippen LogP contribution is 2.31. The van der Waals surface area contributed by atoms with Crippen molar-refractivity contribution >= 4 is 5.91 Å². The Balaban J connectivity index is 1.80. The molecule has 1 atom stereocenters. The SMILES string of the molecule is COCCC1CCCCN1C(=O)c1ccc(-c2cc(F)ccc2OC)cc1. The maximum Gasteiger partial charge on any atom is 0.254 e. The molecule has 1 aliphatic heterocycles. The third-order valence-corrected chi connectivity index (χ3v) is 5.15. The minimum atomic E-state index is -0.319. The predicted octanol–water partition coefficient (Wildman–Crippen LogP) is 4.53. The monoisotopic (exact) mass is 371 g/mol. The second-order valence-corrected chi connectivity index (χ2v) is 6.85. The Bertz CT molecular complexity index is 776. The van der Waals surface area contributed by atoms with Gasteiger partial charge >= 0.3 is 0 Å². The first-order valence-corrected chi connectivity index (χ1v) is 9.38. The minimum Gasteiger partial charge on any atom is -0.496 e. The summed E-state index contributed by atoms with van der Waals surface area (Å²) in [5.74, 6) is 0.333. The summed E-state index contributed by atoms with van der Waals surface area (Å²) in [5.41, 5.74) is 2.14. The Morgan fingerprint density at radius 1 is 1.15 bits per heavy atom. The molecule has 27 heavy (non-hydrogen) atoms. The van der Waals surface area contributed by atoms with E-state index < -0.39 is 0 Å². The summed E-state index contributed by atoms with van der Waals surface area (Å²) in [6.45, 7) is 1.44. The summed E-state index contributed by atoms with van der Waals surface area (Å²) in [6, 6.07) is 12.0. The van der Waals surface area contributed by atoms with Gasteiger partial charge in [0, 0.05) is 37.4 Å². The average Bonchev–Trinajstić information content (AvgIpc) is 2.72. The van der Waals surface area contributed by atoms with Crippen molar-refractivity contribution in [2.45, 2.75) is 31.7 Å². The minimum absolute atomic E-state index is 0.0496. The van der Waals surface area contributed by atoms with Crippen LogP contribution >= 0.6 is 0 Å². The predicted molar refractivity (Wildman–Crippen MR) is 104 cm³/mol. The largest absolute Gasteiger partial charge is 0.496 e. The Kier molecular flexibility index (Phi) is 6.45. The van der Waals surface area contributed by atoms with Crippen molar-refractivity contribution in [3.8, 4) is 16.9 Å². The summed E-state index contributed by atoms with van der Waals surface area (Å²) in [6.07, 6.45) is 4.07. The second kappa shape index (κ2) is 9.00. The van der Waals surface area contributed by atoms with Crippen LogP contribution < -0.4 is 4.74 Å². The zero-order valence-electron chi connectivity index (χ0n) is 15.9. The van der Waals surface area contributed by atoms with Gasteiger partial charge in [-0.1, -0.05) is 12.1 Å². The van der Waals surface area contributed by atoms with Gasteiger partial charge in [0.1, 0.15) is 11.6 Å². The number of carbonyl (C=O) groups excluding carboxylic acids is 1. The fourth-order valence-electron chi connectivity index (χ4n) is 3.69. The van der Waals surface area contributed by atoms with Crippen molar-refractivity contribution in [1.29, 1.82) is 0 Å². The van der Waals surface area contributed by atoms with Gasteiger partial charge in [-0.25, -0.2) is 4.39 Å². The molecule has 144 valence electrons. The highest BCUT2D eigenvalue weighted by Gasteiger charge is 2.27. The molecule has 0 spiro atoms. The second-order valence-electron chi connectivity index (χ2n) is 6.85. The number of piperidine rings is 1. The molecule has 1 heterocycles. The summed E-state index contributed by atoms with van der Waals surface area (Å²) in [4.78, 5) is 15.0. The van der Waals surface area contributed by atoms with Gasteiger partial charge in [0.05, 0.1) is 7.11 Å². The number of nitrogens with zero attached hydrogens (tertiary/aromatic N) is 1. The van der Waals surface area contributed by atoms with E-state index in [9.17, 15) is 9.18 Å². The number of hydrogen-bond donors (Lipinski definition) is 0. The molecule has 0 aromatic heterocycles. The van der Waals surface area contributed by atoms with Crippen molar-refractivity contribution in [3.05, 3.63) is 53.8 Å². The lowest BCUT2D eigenvalue weighted by Gasteiger charge is -2.36. The van der Waals surface area contributed by atoms with Crippen LogP contribution in [0.5, 0.6) is 5.75 Å². The van der Waals surface area contributed by atoms with Crippen LogP contribution in [0.4, 0.5) is 4.39 Å². The van der Waals surface area contributed by atoms with E-state index in [4.69, 9.17) is 9.47 Å². The maximum absolute atomic E-state index is 13.6. The van der Waals surface area contributed by atoms with Gasteiger partial charge < -0.3 is 14.4 Å². The highest BCUT2D eigenvalue weighted by molar-refractivity contribution is 5.95. The summed E-state index contributed by atoms with van der Waals surface area (Å²) >= 11 is 0. The van der Waals surface area contributed by atoms with Crippen molar-refractivity contribution < 1.29 is 18.7 Å². The average molecular weight is 371 g/mol. The van der Waals surface area contributed by atoms with Crippen molar-refractivity contribution in [2.75, 3.05) is 27.4 Å². The summed E-state index contributed by atoms with van der Waals surface area (Å²) < 4.78 is 24.2. The third kappa shape index (κ3) is 4.48. The number of rotatable bonds is 6. The van der Waals surface area contributed by atoms with Crippen molar-refractivity contribution in [3.63, 3.8) is 0 Å². The summed E-state index contributed by atoms with van der Waals surface area (Å²) in [5, 5.41) is 0. The molecule has 0 radical (unpaired) electrons. The molecule has 1 fully saturated rings. The molecule has 1 aliphatic rings. The topological polar surface area (TPSA) is 38.8 Å². The highest BCUT2D eigenvalue weighted by atomic mass is 19.1. The maximum atomic E-state index is 13.6. The number of ether oxygens (including phenoxy) is 2. The Morgan fingerprint density at radius 3 is 2.63 bits per heavy atom. The van der Waals surface area contributed by atoms with Crippen LogP contribution in [-0.4, -0.2) is 44.2 Å². The van der Waals surface area contributed by atoms with Crippen LogP contribution in [0, 0.1) is 5.82 Å². The zero-order chi connectivity index (χ0) is 19.2. The van der Waals surface area contributed by atoms with Gasteiger partial charge in [-0.2, -0.15) is 0 Å².